The fraction of sp³-hybridized carbons (Fsp3) is 0.269. The van der Waals surface area contributed by atoms with Gasteiger partial charge in [-0.25, -0.2) is 14.4 Å². The number of aromatic nitrogens is 2. The number of nitrogen functional groups attached to an aromatic ring is 1. The third kappa shape index (κ3) is 5.51. The Morgan fingerprint density at radius 2 is 1.79 bits per heavy atom. The minimum absolute atomic E-state index is 0.151. The molecular weight excluding hydrogens is 433 g/mol. The van der Waals surface area contributed by atoms with Crippen LogP contribution in [0.1, 0.15) is 19.3 Å². The number of nitrogens with one attached hydrogen (secondary N) is 1. The number of ether oxygens (including phenoxy) is 1. The largest absolute Gasteiger partial charge is 0.457 e. The van der Waals surface area contributed by atoms with E-state index in [4.69, 9.17) is 10.5 Å². The van der Waals surface area contributed by atoms with Gasteiger partial charge in [0.25, 0.3) is 0 Å². The summed E-state index contributed by atoms with van der Waals surface area (Å²) in [5.41, 5.74) is 6.32. The van der Waals surface area contributed by atoms with Crippen LogP contribution in [-0.4, -0.2) is 46.1 Å². The molecule has 1 fully saturated rings. The maximum atomic E-state index is 15.3. The topological polar surface area (TPSA) is 93.4 Å². The van der Waals surface area contributed by atoms with Crippen molar-refractivity contribution in [3.05, 3.63) is 73.6 Å². The first-order valence-corrected chi connectivity index (χ1v) is 11.3. The molecule has 4 rings (SSSR count). The maximum Gasteiger partial charge on any atom is 0.245 e. The molecular formula is C26H28FN5O2. The van der Waals surface area contributed by atoms with E-state index in [1.54, 1.807) is 4.90 Å². The van der Waals surface area contributed by atoms with Crippen LogP contribution in [0.2, 0.25) is 0 Å². The van der Waals surface area contributed by atoms with E-state index in [2.05, 4.69) is 21.9 Å². The number of hydrogen-bond acceptors (Lipinski definition) is 6. The highest BCUT2D eigenvalue weighted by molar-refractivity contribution is 5.87. The van der Waals surface area contributed by atoms with Crippen LogP contribution in [0.5, 0.6) is 11.5 Å². The number of piperidine rings is 1. The van der Waals surface area contributed by atoms with E-state index in [-0.39, 0.29) is 5.91 Å². The zero-order chi connectivity index (χ0) is 24.0. The highest BCUT2D eigenvalue weighted by atomic mass is 19.1. The average molecular weight is 462 g/mol. The van der Waals surface area contributed by atoms with E-state index in [1.165, 1.54) is 12.4 Å². The second kappa shape index (κ2) is 10.3. The maximum absolute atomic E-state index is 15.3. The number of nitrogens with two attached hydrogens (primary N) is 1. The van der Waals surface area contributed by atoms with E-state index < -0.39 is 5.67 Å². The average Bonchev–Trinajstić information content (AvgIpc) is 2.85. The van der Waals surface area contributed by atoms with Crippen LogP contribution in [-0.2, 0) is 4.79 Å². The summed E-state index contributed by atoms with van der Waals surface area (Å²) in [6.07, 6.45) is 3.56. The molecule has 0 spiro atoms. The fourth-order valence-corrected chi connectivity index (χ4v) is 4.04. The van der Waals surface area contributed by atoms with Crippen LogP contribution in [0.25, 0.3) is 11.1 Å². The Labute approximate surface area is 198 Å². The van der Waals surface area contributed by atoms with Gasteiger partial charge in [-0.15, -0.1) is 0 Å². The first-order chi connectivity index (χ1) is 16.5. The van der Waals surface area contributed by atoms with Gasteiger partial charge < -0.3 is 20.7 Å². The number of benzene rings is 2. The van der Waals surface area contributed by atoms with E-state index in [0.29, 0.717) is 61.8 Å². The fourth-order valence-electron chi connectivity index (χ4n) is 4.04. The van der Waals surface area contributed by atoms with Crippen molar-refractivity contribution in [3.8, 4) is 22.6 Å². The number of halogens is 1. The van der Waals surface area contributed by atoms with E-state index in [9.17, 15) is 4.79 Å². The molecule has 34 heavy (non-hydrogen) atoms. The predicted octanol–water partition coefficient (Wildman–Crippen LogP) is 4.84. The van der Waals surface area contributed by atoms with Crippen molar-refractivity contribution in [1.29, 1.82) is 0 Å². The highest BCUT2D eigenvalue weighted by Gasteiger charge is 2.35. The third-order valence-electron chi connectivity index (χ3n) is 6.01. The Balaban J connectivity index is 1.40. The molecule has 0 atom stereocenters. The van der Waals surface area contributed by atoms with Crippen molar-refractivity contribution in [2.75, 3.05) is 30.7 Å². The molecule has 3 aromatic rings. The second-order valence-electron chi connectivity index (χ2n) is 8.28. The minimum atomic E-state index is -1.33. The smallest absolute Gasteiger partial charge is 0.245 e. The zero-order valence-electron chi connectivity index (χ0n) is 18.9. The van der Waals surface area contributed by atoms with Gasteiger partial charge in [0.15, 0.2) is 0 Å². The molecule has 2 heterocycles. The quantitative estimate of drug-likeness (QED) is 0.467. The molecule has 0 aliphatic carbocycles. The number of amides is 1. The van der Waals surface area contributed by atoms with Gasteiger partial charge in [0.05, 0.1) is 5.56 Å². The molecule has 176 valence electrons. The molecule has 1 saturated heterocycles. The molecule has 1 amide bonds. The molecule has 2 aromatic carbocycles. The number of hydrogen-bond donors (Lipinski definition) is 2. The standard InChI is InChI=1S/C26H28FN5O2/c1-2-22(33)32-16-13-26(27,14-17-32)12-15-29-25-23(24(28)30-18-31-25)19-8-10-21(11-9-19)34-20-6-4-3-5-7-20/h2-11,18H,1,12-17H2,(H3,28,29,30,31). The summed E-state index contributed by atoms with van der Waals surface area (Å²) in [6, 6.07) is 17.0. The normalized spacial score (nSPS) is 14.9. The van der Waals surface area contributed by atoms with Gasteiger partial charge in [0.1, 0.15) is 35.1 Å². The Hall–Kier alpha value is -3.94. The molecule has 1 aliphatic rings. The van der Waals surface area contributed by atoms with E-state index in [1.807, 2.05) is 54.6 Å². The van der Waals surface area contributed by atoms with Crippen molar-refractivity contribution in [2.45, 2.75) is 24.9 Å². The summed E-state index contributed by atoms with van der Waals surface area (Å²) in [5.74, 6) is 2.18. The lowest BCUT2D eigenvalue weighted by atomic mass is 9.90. The van der Waals surface area contributed by atoms with Crippen LogP contribution in [0.15, 0.2) is 73.6 Å². The number of likely N-dealkylation sites (tertiary alicyclic amines) is 1. The molecule has 0 bridgehead atoms. The number of alkyl halides is 1. The first kappa shape index (κ1) is 23.2. The van der Waals surface area contributed by atoms with Gasteiger partial charge in [0.2, 0.25) is 5.91 Å². The number of carbonyl (C=O) groups excluding carboxylic acids is 1. The Kier molecular flexibility index (Phi) is 7.06. The van der Waals surface area contributed by atoms with Crippen molar-refractivity contribution in [3.63, 3.8) is 0 Å². The molecule has 0 saturated carbocycles. The summed E-state index contributed by atoms with van der Waals surface area (Å²) in [5, 5.41) is 3.23. The summed E-state index contributed by atoms with van der Waals surface area (Å²) in [4.78, 5) is 21.8. The first-order valence-electron chi connectivity index (χ1n) is 11.3. The van der Waals surface area contributed by atoms with Crippen LogP contribution < -0.4 is 15.8 Å². The minimum Gasteiger partial charge on any atom is -0.457 e. The number of nitrogens with zero attached hydrogens (tertiary/aromatic N) is 3. The van der Waals surface area contributed by atoms with Crippen LogP contribution in [0.3, 0.4) is 0 Å². The predicted molar refractivity (Wildman–Crippen MR) is 131 cm³/mol. The van der Waals surface area contributed by atoms with Crippen LogP contribution in [0.4, 0.5) is 16.0 Å². The zero-order valence-corrected chi connectivity index (χ0v) is 18.9. The van der Waals surface area contributed by atoms with Crippen LogP contribution >= 0.6 is 0 Å². The molecule has 0 unspecified atom stereocenters. The Morgan fingerprint density at radius 3 is 2.47 bits per heavy atom. The van der Waals surface area contributed by atoms with Gasteiger partial charge in [-0.3, -0.25) is 4.79 Å². The Bertz CT molecular complexity index is 1130. The monoisotopic (exact) mass is 461 g/mol. The van der Waals surface area contributed by atoms with Gasteiger partial charge >= 0.3 is 0 Å². The van der Waals surface area contributed by atoms with Crippen molar-refractivity contribution in [1.82, 2.24) is 14.9 Å². The highest BCUT2D eigenvalue weighted by Crippen LogP contribution is 2.34. The summed E-state index contributed by atoms with van der Waals surface area (Å²) < 4.78 is 21.1. The molecule has 3 N–H and O–H groups in total. The number of rotatable bonds is 8. The lowest BCUT2D eigenvalue weighted by Crippen LogP contribution is -2.44. The molecule has 1 aliphatic heterocycles. The molecule has 1 aromatic heterocycles. The van der Waals surface area contributed by atoms with E-state index in [0.717, 1.165) is 11.3 Å². The molecule has 8 heteroatoms. The third-order valence-corrected chi connectivity index (χ3v) is 6.01. The summed E-state index contributed by atoms with van der Waals surface area (Å²) in [6.45, 7) is 4.66. The lowest BCUT2D eigenvalue weighted by Gasteiger charge is -2.36. The SMILES string of the molecule is C=CC(=O)N1CCC(F)(CCNc2ncnc(N)c2-c2ccc(Oc3ccccc3)cc2)CC1. The van der Waals surface area contributed by atoms with Gasteiger partial charge in [-0.1, -0.05) is 36.9 Å². The van der Waals surface area contributed by atoms with Crippen molar-refractivity contribution in [2.24, 2.45) is 0 Å². The van der Waals surface area contributed by atoms with Gasteiger partial charge in [0, 0.05) is 19.6 Å². The Morgan fingerprint density at radius 1 is 1.12 bits per heavy atom. The lowest BCUT2D eigenvalue weighted by molar-refractivity contribution is -0.128. The number of anilines is 2. The molecule has 7 nitrogen and oxygen atoms in total. The number of para-hydroxylation sites is 1. The summed E-state index contributed by atoms with van der Waals surface area (Å²) >= 11 is 0. The van der Waals surface area contributed by atoms with Crippen molar-refractivity contribution < 1.29 is 13.9 Å². The van der Waals surface area contributed by atoms with Crippen molar-refractivity contribution >= 4 is 17.5 Å². The van der Waals surface area contributed by atoms with Gasteiger partial charge in [-0.05, 0) is 55.2 Å². The van der Waals surface area contributed by atoms with Crippen LogP contribution in [0, 0.1) is 0 Å². The molecule has 0 radical (unpaired) electrons. The van der Waals surface area contributed by atoms with Gasteiger partial charge in [-0.2, -0.15) is 0 Å². The van der Waals surface area contributed by atoms with E-state index >= 15 is 4.39 Å². The second-order valence-corrected chi connectivity index (χ2v) is 8.28. The summed E-state index contributed by atoms with van der Waals surface area (Å²) in [7, 11) is 0. The number of carbonyl (C=O) groups is 1.